The van der Waals surface area contributed by atoms with Crippen molar-refractivity contribution in [1.29, 1.82) is 0 Å². The number of rotatable bonds is 6. The maximum atomic E-state index is 10.6. The quantitative estimate of drug-likeness (QED) is 0.716. The average Bonchev–Trinajstić information content (AvgIpc) is 2.26. The molecule has 1 aromatic carbocycles. The first kappa shape index (κ1) is 12.6. The lowest BCUT2D eigenvalue weighted by Gasteiger charge is -2.08. The number of carboxylic acid groups (broad SMARTS) is 1. The Bertz CT molecular complexity index is 336. The number of carbonyl (C=O) groups is 1. The van der Waals surface area contributed by atoms with Gasteiger partial charge < -0.3 is 5.11 Å². The molecule has 16 heavy (non-hydrogen) atoms. The molecule has 1 aromatic rings. The van der Waals surface area contributed by atoms with Crippen molar-refractivity contribution in [1.82, 2.24) is 0 Å². The van der Waals surface area contributed by atoms with E-state index in [9.17, 15) is 4.79 Å². The molecule has 3 heteroatoms. The highest BCUT2D eigenvalue weighted by Gasteiger charge is 2.03. The molecule has 0 aromatic heterocycles. The monoisotopic (exact) mass is 221 g/mol. The van der Waals surface area contributed by atoms with E-state index in [4.69, 9.17) is 5.11 Å². The molecular weight excluding hydrogens is 202 g/mol. The van der Waals surface area contributed by atoms with E-state index in [2.05, 4.69) is 12.2 Å². The summed E-state index contributed by atoms with van der Waals surface area (Å²) in [5.74, 6) is 0. The fourth-order valence-corrected chi connectivity index (χ4v) is 1.72. The lowest BCUT2D eigenvalue weighted by molar-refractivity contribution is 0.209. The lowest BCUT2D eigenvalue weighted by atomic mass is 10.0. The van der Waals surface area contributed by atoms with Gasteiger partial charge in [-0.1, -0.05) is 44.4 Å². The summed E-state index contributed by atoms with van der Waals surface area (Å²) >= 11 is 0. The minimum absolute atomic E-state index is 0.714. The standard InChI is InChI=1S/C13H19NO2/c1-2-3-4-5-8-11-9-6-7-10-12(11)14-13(15)16/h6-7,9-10,14H,2-5,8H2,1H3,(H,15,16). The number of amides is 1. The molecule has 1 amide bonds. The van der Waals surface area contributed by atoms with Crippen molar-refractivity contribution in [2.45, 2.75) is 39.0 Å². The molecule has 0 heterocycles. The van der Waals surface area contributed by atoms with Crippen molar-refractivity contribution >= 4 is 11.8 Å². The van der Waals surface area contributed by atoms with Crippen LogP contribution in [0.1, 0.15) is 38.2 Å². The number of benzene rings is 1. The number of aryl methyl sites for hydroxylation is 1. The molecular formula is C13H19NO2. The number of nitrogens with one attached hydrogen (secondary N) is 1. The minimum Gasteiger partial charge on any atom is -0.465 e. The first-order chi connectivity index (χ1) is 7.74. The van der Waals surface area contributed by atoms with Crippen LogP contribution in [0.5, 0.6) is 0 Å². The maximum Gasteiger partial charge on any atom is 0.409 e. The number of unbranched alkanes of at least 4 members (excludes halogenated alkanes) is 3. The van der Waals surface area contributed by atoms with Gasteiger partial charge in [0.2, 0.25) is 0 Å². The largest absolute Gasteiger partial charge is 0.465 e. The zero-order valence-corrected chi connectivity index (χ0v) is 9.70. The van der Waals surface area contributed by atoms with Crippen LogP contribution in [-0.2, 0) is 6.42 Å². The average molecular weight is 221 g/mol. The summed E-state index contributed by atoms with van der Waals surface area (Å²) < 4.78 is 0. The van der Waals surface area contributed by atoms with Crippen molar-refractivity contribution in [3.05, 3.63) is 29.8 Å². The fourth-order valence-electron chi connectivity index (χ4n) is 1.72. The Morgan fingerprint density at radius 2 is 2.00 bits per heavy atom. The highest BCUT2D eigenvalue weighted by atomic mass is 16.4. The molecule has 1 rings (SSSR count). The topological polar surface area (TPSA) is 49.3 Å². The van der Waals surface area contributed by atoms with Gasteiger partial charge in [0.05, 0.1) is 0 Å². The SMILES string of the molecule is CCCCCCc1ccccc1NC(=O)O. The first-order valence-electron chi connectivity index (χ1n) is 5.82. The third-order valence-electron chi connectivity index (χ3n) is 2.56. The Balaban J connectivity index is 2.53. The highest BCUT2D eigenvalue weighted by molar-refractivity contribution is 5.83. The van der Waals surface area contributed by atoms with E-state index < -0.39 is 6.09 Å². The molecule has 0 aliphatic carbocycles. The van der Waals surface area contributed by atoms with Crippen molar-refractivity contribution in [2.75, 3.05) is 5.32 Å². The Labute approximate surface area is 96.5 Å². The minimum atomic E-state index is -0.999. The second-order valence-corrected chi connectivity index (χ2v) is 3.90. The van der Waals surface area contributed by atoms with Gasteiger partial charge in [0.1, 0.15) is 0 Å². The Hall–Kier alpha value is -1.51. The van der Waals surface area contributed by atoms with Crippen LogP contribution < -0.4 is 5.32 Å². The summed E-state index contributed by atoms with van der Waals surface area (Å²) in [4.78, 5) is 10.6. The third kappa shape index (κ3) is 4.34. The zero-order chi connectivity index (χ0) is 11.8. The van der Waals surface area contributed by atoms with Crippen LogP contribution in [0.3, 0.4) is 0 Å². The molecule has 3 nitrogen and oxygen atoms in total. The summed E-state index contributed by atoms with van der Waals surface area (Å²) in [5, 5.41) is 11.1. The van der Waals surface area contributed by atoms with Gasteiger partial charge >= 0.3 is 6.09 Å². The van der Waals surface area contributed by atoms with E-state index in [1.54, 1.807) is 0 Å². The van der Waals surface area contributed by atoms with Gasteiger partial charge in [-0.3, -0.25) is 5.32 Å². The molecule has 0 bridgehead atoms. The zero-order valence-electron chi connectivity index (χ0n) is 9.70. The van der Waals surface area contributed by atoms with Gasteiger partial charge in [-0.25, -0.2) is 4.79 Å². The summed E-state index contributed by atoms with van der Waals surface area (Å²) in [7, 11) is 0. The van der Waals surface area contributed by atoms with Crippen molar-refractivity contribution in [3.8, 4) is 0 Å². The predicted molar refractivity (Wildman–Crippen MR) is 65.9 cm³/mol. The van der Waals surface area contributed by atoms with Gasteiger partial charge in [-0.2, -0.15) is 0 Å². The van der Waals surface area contributed by atoms with Gasteiger partial charge in [0.15, 0.2) is 0 Å². The van der Waals surface area contributed by atoms with E-state index in [-0.39, 0.29) is 0 Å². The molecule has 0 aliphatic rings. The summed E-state index contributed by atoms with van der Waals surface area (Å²) in [5.41, 5.74) is 1.80. The fraction of sp³-hybridized carbons (Fsp3) is 0.462. The van der Waals surface area contributed by atoms with Crippen molar-refractivity contribution in [3.63, 3.8) is 0 Å². The van der Waals surface area contributed by atoms with E-state index in [0.29, 0.717) is 5.69 Å². The number of hydrogen-bond acceptors (Lipinski definition) is 1. The van der Waals surface area contributed by atoms with Gasteiger partial charge in [-0.05, 0) is 24.5 Å². The van der Waals surface area contributed by atoms with Crippen LogP contribution in [0.25, 0.3) is 0 Å². The van der Waals surface area contributed by atoms with Crippen LogP contribution in [0.2, 0.25) is 0 Å². The van der Waals surface area contributed by atoms with E-state index in [1.807, 2.05) is 24.3 Å². The van der Waals surface area contributed by atoms with Gasteiger partial charge in [0, 0.05) is 5.69 Å². The summed E-state index contributed by atoms with van der Waals surface area (Å²) in [6.45, 7) is 2.18. The first-order valence-corrected chi connectivity index (χ1v) is 5.82. The van der Waals surface area contributed by atoms with Crippen LogP contribution in [-0.4, -0.2) is 11.2 Å². The molecule has 0 saturated carbocycles. The molecule has 0 unspecified atom stereocenters. The third-order valence-corrected chi connectivity index (χ3v) is 2.56. The molecule has 0 saturated heterocycles. The smallest absolute Gasteiger partial charge is 0.409 e. The molecule has 2 N–H and O–H groups in total. The maximum absolute atomic E-state index is 10.6. The summed E-state index contributed by atoms with van der Waals surface area (Å²) in [6, 6.07) is 7.59. The Kier molecular flexibility index (Phi) is 5.40. The lowest BCUT2D eigenvalue weighted by Crippen LogP contribution is -2.09. The molecule has 0 aliphatic heterocycles. The molecule has 0 spiro atoms. The Morgan fingerprint density at radius 1 is 1.25 bits per heavy atom. The number of para-hydroxylation sites is 1. The van der Waals surface area contributed by atoms with E-state index >= 15 is 0 Å². The van der Waals surface area contributed by atoms with Crippen LogP contribution >= 0.6 is 0 Å². The molecule has 0 atom stereocenters. The number of hydrogen-bond donors (Lipinski definition) is 2. The van der Waals surface area contributed by atoms with Crippen LogP contribution in [0.4, 0.5) is 10.5 Å². The Morgan fingerprint density at radius 3 is 2.69 bits per heavy atom. The molecule has 88 valence electrons. The van der Waals surface area contributed by atoms with Crippen molar-refractivity contribution < 1.29 is 9.90 Å². The van der Waals surface area contributed by atoms with Crippen LogP contribution in [0.15, 0.2) is 24.3 Å². The molecule has 0 fully saturated rings. The van der Waals surface area contributed by atoms with Gasteiger partial charge in [0.25, 0.3) is 0 Å². The highest BCUT2D eigenvalue weighted by Crippen LogP contribution is 2.18. The second kappa shape index (κ2) is 6.88. The van der Waals surface area contributed by atoms with E-state index in [0.717, 1.165) is 18.4 Å². The van der Waals surface area contributed by atoms with E-state index in [1.165, 1.54) is 19.3 Å². The second-order valence-electron chi connectivity index (χ2n) is 3.90. The molecule has 0 radical (unpaired) electrons. The predicted octanol–water partition coefficient (Wildman–Crippen LogP) is 3.90. The van der Waals surface area contributed by atoms with Gasteiger partial charge in [-0.15, -0.1) is 0 Å². The van der Waals surface area contributed by atoms with Crippen LogP contribution in [0, 0.1) is 0 Å². The summed E-state index contributed by atoms with van der Waals surface area (Å²) in [6.07, 6.45) is 4.73. The normalized spacial score (nSPS) is 10.1. The van der Waals surface area contributed by atoms with Crippen molar-refractivity contribution in [2.24, 2.45) is 0 Å². The number of anilines is 1.